The van der Waals surface area contributed by atoms with E-state index in [1.807, 2.05) is 4.98 Å². The van der Waals surface area contributed by atoms with Gasteiger partial charge in [-0.05, 0) is 12.1 Å². The van der Waals surface area contributed by atoms with Crippen LogP contribution in [-0.4, -0.2) is 36.0 Å². The monoisotopic (exact) mass is 314 g/mol. The second kappa shape index (κ2) is 5.26. The summed E-state index contributed by atoms with van der Waals surface area (Å²) in [6.07, 6.45) is 1.48. The number of primary amides is 1. The fourth-order valence-electron chi connectivity index (χ4n) is 2.13. The molecule has 5 N–H and O–H groups in total. The minimum absolute atomic E-state index is 0.215. The van der Waals surface area contributed by atoms with E-state index < -0.39 is 28.6 Å². The van der Waals surface area contributed by atoms with Gasteiger partial charge in [-0.25, -0.2) is 9.36 Å². The molecule has 3 rings (SSSR count). The van der Waals surface area contributed by atoms with Crippen LogP contribution in [0, 0.1) is 0 Å². The number of nitrogens with two attached hydrogens (primary N) is 1. The molecule has 0 aliphatic carbocycles. The lowest BCUT2D eigenvalue weighted by Gasteiger charge is -2.10. The molecule has 0 saturated heterocycles. The van der Waals surface area contributed by atoms with Crippen molar-refractivity contribution >= 4 is 5.91 Å². The molecule has 2 heterocycles. The van der Waals surface area contributed by atoms with Gasteiger partial charge in [0.2, 0.25) is 5.88 Å². The Labute approximate surface area is 127 Å². The van der Waals surface area contributed by atoms with Crippen molar-refractivity contribution in [2.75, 3.05) is 0 Å². The molecule has 2 aromatic heterocycles. The van der Waals surface area contributed by atoms with Gasteiger partial charge in [0.05, 0.1) is 11.9 Å². The van der Waals surface area contributed by atoms with E-state index in [2.05, 4.69) is 15.4 Å². The number of hydrogen-bond acceptors (Lipinski definition) is 6. The first kappa shape index (κ1) is 14.3. The molecule has 0 radical (unpaired) electrons. The average molecular weight is 314 g/mol. The summed E-state index contributed by atoms with van der Waals surface area (Å²) in [5, 5.41) is 20.1. The van der Waals surface area contributed by atoms with Crippen molar-refractivity contribution in [2.45, 2.75) is 0 Å². The molecule has 0 saturated carbocycles. The number of nitrogens with zero attached hydrogens (tertiary/aromatic N) is 3. The van der Waals surface area contributed by atoms with Gasteiger partial charge in [-0.15, -0.1) is 0 Å². The van der Waals surface area contributed by atoms with Crippen LogP contribution in [0.4, 0.5) is 0 Å². The third-order valence-electron chi connectivity index (χ3n) is 3.15. The SMILES string of the molecule is NC(=O)c1c(O)n(-c2cccc(-c3cn[nH]n3)c2)c(=O)[nH]c1=O. The van der Waals surface area contributed by atoms with E-state index in [4.69, 9.17) is 5.73 Å². The van der Waals surface area contributed by atoms with Gasteiger partial charge < -0.3 is 10.8 Å². The number of aromatic hydroxyl groups is 1. The third kappa shape index (κ3) is 2.37. The number of amides is 1. The molecule has 0 aliphatic rings. The summed E-state index contributed by atoms with van der Waals surface area (Å²) in [5.74, 6) is -1.98. The van der Waals surface area contributed by atoms with E-state index in [1.54, 1.807) is 12.1 Å². The van der Waals surface area contributed by atoms with Crippen LogP contribution in [-0.2, 0) is 0 Å². The summed E-state index contributed by atoms with van der Waals surface area (Å²) in [7, 11) is 0. The maximum absolute atomic E-state index is 12.0. The topological polar surface area (TPSA) is 160 Å². The van der Waals surface area contributed by atoms with Crippen LogP contribution < -0.4 is 17.0 Å². The molecule has 0 aliphatic heterocycles. The van der Waals surface area contributed by atoms with Gasteiger partial charge in [-0.2, -0.15) is 15.4 Å². The second-order valence-corrected chi connectivity index (χ2v) is 4.56. The van der Waals surface area contributed by atoms with Gasteiger partial charge in [-0.1, -0.05) is 12.1 Å². The number of aromatic amines is 2. The smallest absolute Gasteiger partial charge is 0.335 e. The number of nitrogens with one attached hydrogen (secondary N) is 2. The van der Waals surface area contributed by atoms with Crippen LogP contribution in [0.25, 0.3) is 16.9 Å². The van der Waals surface area contributed by atoms with E-state index in [1.165, 1.54) is 18.3 Å². The zero-order valence-corrected chi connectivity index (χ0v) is 11.5. The maximum atomic E-state index is 12.0. The highest BCUT2D eigenvalue weighted by molar-refractivity contribution is 5.94. The van der Waals surface area contributed by atoms with Crippen LogP contribution in [0.5, 0.6) is 5.88 Å². The fraction of sp³-hybridized carbons (Fsp3) is 0. The molecule has 0 fully saturated rings. The minimum Gasteiger partial charge on any atom is -0.493 e. The second-order valence-electron chi connectivity index (χ2n) is 4.56. The number of rotatable bonds is 3. The summed E-state index contributed by atoms with van der Waals surface area (Å²) in [4.78, 5) is 36.8. The highest BCUT2D eigenvalue weighted by Crippen LogP contribution is 2.21. The average Bonchev–Trinajstić information content (AvgIpc) is 3.00. The Morgan fingerprint density at radius 1 is 1.30 bits per heavy atom. The molecule has 1 amide bonds. The Bertz CT molecular complexity index is 1000. The Hall–Kier alpha value is -3.69. The van der Waals surface area contributed by atoms with Crippen LogP contribution in [0.15, 0.2) is 40.1 Å². The van der Waals surface area contributed by atoms with Gasteiger partial charge in [0.15, 0.2) is 5.56 Å². The van der Waals surface area contributed by atoms with E-state index >= 15 is 0 Å². The number of carbonyl (C=O) groups excluding carboxylic acids is 1. The van der Waals surface area contributed by atoms with Crippen LogP contribution >= 0.6 is 0 Å². The van der Waals surface area contributed by atoms with Crippen molar-refractivity contribution in [1.82, 2.24) is 25.0 Å². The summed E-state index contributed by atoms with van der Waals surface area (Å²) in [6.45, 7) is 0. The molecule has 0 spiro atoms. The number of aromatic nitrogens is 5. The molecule has 1 aromatic carbocycles. The van der Waals surface area contributed by atoms with Gasteiger partial charge in [0.25, 0.3) is 11.5 Å². The first-order valence-corrected chi connectivity index (χ1v) is 6.33. The summed E-state index contributed by atoms with van der Waals surface area (Å²) >= 11 is 0. The molecular formula is C13H10N6O4. The van der Waals surface area contributed by atoms with Crippen LogP contribution in [0.1, 0.15) is 10.4 Å². The number of hydrogen-bond donors (Lipinski definition) is 4. The molecule has 0 atom stereocenters. The highest BCUT2D eigenvalue weighted by atomic mass is 16.3. The Morgan fingerprint density at radius 3 is 2.74 bits per heavy atom. The van der Waals surface area contributed by atoms with Crippen LogP contribution in [0.3, 0.4) is 0 Å². The molecular weight excluding hydrogens is 304 g/mol. The predicted octanol–water partition coefficient (Wildman–Crippen LogP) is -0.885. The van der Waals surface area contributed by atoms with E-state index in [-0.39, 0.29) is 5.69 Å². The van der Waals surface area contributed by atoms with Crippen LogP contribution in [0.2, 0.25) is 0 Å². The molecule has 0 bridgehead atoms. The first-order valence-electron chi connectivity index (χ1n) is 6.33. The Balaban J connectivity index is 2.26. The highest BCUT2D eigenvalue weighted by Gasteiger charge is 2.19. The molecule has 0 unspecified atom stereocenters. The lowest BCUT2D eigenvalue weighted by molar-refractivity contribution is 0.0995. The zero-order valence-electron chi connectivity index (χ0n) is 11.5. The Kier molecular flexibility index (Phi) is 3.26. The van der Waals surface area contributed by atoms with Gasteiger partial charge in [0, 0.05) is 5.56 Å². The molecule has 23 heavy (non-hydrogen) atoms. The van der Waals surface area contributed by atoms with Crippen molar-refractivity contribution < 1.29 is 9.90 Å². The zero-order chi connectivity index (χ0) is 16.6. The summed E-state index contributed by atoms with van der Waals surface area (Å²) < 4.78 is 0.769. The van der Waals surface area contributed by atoms with Crippen molar-refractivity contribution in [3.63, 3.8) is 0 Å². The fourth-order valence-corrected chi connectivity index (χ4v) is 2.13. The lowest BCUT2D eigenvalue weighted by Crippen LogP contribution is -2.34. The van der Waals surface area contributed by atoms with Gasteiger partial charge in [-0.3, -0.25) is 14.6 Å². The molecule has 3 aromatic rings. The van der Waals surface area contributed by atoms with Gasteiger partial charge >= 0.3 is 5.69 Å². The largest absolute Gasteiger partial charge is 0.493 e. The van der Waals surface area contributed by atoms with Crippen molar-refractivity contribution in [3.05, 3.63) is 56.9 Å². The Morgan fingerprint density at radius 2 is 2.09 bits per heavy atom. The van der Waals surface area contributed by atoms with Crippen molar-refractivity contribution in [3.8, 4) is 22.8 Å². The number of carbonyl (C=O) groups is 1. The van der Waals surface area contributed by atoms with E-state index in [0.29, 0.717) is 11.3 Å². The van der Waals surface area contributed by atoms with Crippen molar-refractivity contribution in [2.24, 2.45) is 5.73 Å². The first-order chi connectivity index (χ1) is 11.0. The number of H-pyrrole nitrogens is 2. The maximum Gasteiger partial charge on any atom is 0.335 e. The predicted molar refractivity (Wildman–Crippen MR) is 78.2 cm³/mol. The summed E-state index contributed by atoms with van der Waals surface area (Å²) in [6, 6.07) is 6.36. The van der Waals surface area contributed by atoms with Gasteiger partial charge in [0.1, 0.15) is 5.69 Å². The normalized spacial score (nSPS) is 10.6. The third-order valence-corrected chi connectivity index (χ3v) is 3.15. The molecule has 116 valence electrons. The van der Waals surface area contributed by atoms with E-state index in [0.717, 1.165) is 4.57 Å². The minimum atomic E-state index is -1.15. The quantitative estimate of drug-likeness (QED) is 0.491. The molecule has 10 heteroatoms. The lowest BCUT2D eigenvalue weighted by atomic mass is 10.1. The van der Waals surface area contributed by atoms with Crippen molar-refractivity contribution in [1.29, 1.82) is 0 Å². The number of benzene rings is 1. The standard InChI is InChI=1S/C13H10N6O4/c14-10(20)9-11(21)16-13(23)19(12(9)22)7-3-1-2-6(4-7)8-5-15-18-17-8/h1-5,22H,(H2,14,20)(H,15,17,18)(H,16,21,23). The summed E-state index contributed by atoms with van der Waals surface area (Å²) in [5.41, 5.74) is 3.74. The van der Waals surface area contributed by atoms with E-state index in [9.17, 15) is 19.5 Å². The molecule has 10 nitrogen and oxygen atoms in total.